The Labute approximate surface area is 200 Å². The Balaban J connectivity index is 1.39. The van der Waals surface area contributed by atoms with Gasteiger partial charge in [0.1, 0.15) is 24.7 Å². The number of amides is 3. The van der Waals surface area contributed by atoms with E-state index in [4.69, 9.17) is 4.74 Å². The Kier molecular flexibility index (Phi) is 7.08. The number of halogens is 1. The van der Waals surface area contributed by atoms with Crippen LogP contribution in [0.15, 0.2) is 77.7 Å². The molecule has 1 N–H and O–H groups in total. The molecule has 0 spiro atoms. The number of benzene rings is 3. The fourth-order valence-electron chi connectivity index (χ4n) is 3.30. The highest BCUT2D eigenvalue weighted by atomic mass is 32.2. The van der Waals surface area contributed by atoms with E-state index in [1.165, 1.54) is 12.1 Å². The minimum absolute atomic E-state index is 0.226. The lowest BCUT2D eigenvalue weighted by Crippen LogP contribution is -2.36. The van der Waals surface area contributed by atoms with Gasteiger partial charge in [0.25, 0.3) is 11.1 Å². The second-order valence-electron chi connectivity index (χ2n) is 7.67. The zero-order valence-electron chi connectivity index (χ0n) is 18.3. The normalized spacial score (nSPS) is 14.5. The Morgan fingerprint density at radius 3 is 2.59 bits per heavy atom. The van der Waals surface area contributed by atoms with Crippen molar-refractivity contribution in [3.63, 3.8) is 0 Å². The van der Waals surface area contributed by atoms with E-state index in [1.54, 1.807) is 54.6 Å². The van der Waals surface area contributed by atoms with Crippen molar-refractivity contribution in [3.8, 4) is 5.75 Å². The van der Waals surface area contributed by atoms with E-state index in [0.717, 1.165) is 27.8 Å². The summed E-state index contributed by atoms with van der Waals surface area (Å²) in [4.78, 5) is 38.7. The monoisotopic (exact) mass is 476 g/mol. The van der Waals surface area contributed by atoms with Gasteiger partial charge in [0.2, 0.25) is 5.91 Å². The Bertz CT molecular complexity index is 1270. The molecular weight excluding hydrogens is 455 g/mol. The number of carbonyl (C=O) groups excluding carboxylic acids is 3. The molecule has 0 unspecified atom stereocenters. The van der Waals surface area contributed by atoms with Crippen molar-refractivity contribution in [1.82, 2.24) is 4.90 Å². The second-order valence-corrected chi connectivity index (χ2v) is 8.67. The maximum Gasteiger partial charge on any atom is 0.294 e. The van der Waals surface area contributed by atoms with Crippen LogP contribution in [0.2, 0.25) is 0 Å². The fraction of sp³-hybridized carbons (Fsp3) is 0.115. The molecule has 0 atom stereocenters. The standard InChI is InChI=1S/C26H21FN2O4S/c1-17-4-2-6-21(12-17)28-24(30)15-29-25(31)23(34-26(29)32)14-19-5-3-7-22(13-19)33-16-18-8-10-20(27)11-9-18/h2-14H,15-16H2,1H3,(H,28,30)/b23-14+. The van der Waals surface area contributed by atoms with Gasteiger partial charge in [-0.25, -0.2) is 4.39 Å². The molecule has 0 aliphatic carbocycles. The molecule has 0 saturated carbocycles. The van der Waals surface area contributed by atoms with Crippen LogP contribution in [0.3, 0.4) is 0 Å². The highest BCUT2D eigenvalue weighted by Crippen LogP contribution is 2.32. The summed E-state index contributed by atoms with van der Waals surface area (Å²) in [6, 6.07) is 20.3. The molecular formula is C26H21FN2O4S. The van der Waals surface area contributed by atoms with Crippen LogP contribution in [-0.2, 0) is 16.2 Å². The predicted molar refractivity (Wildman–Crippen MR) is 130 cm³/mol. The minimum atomic E-state index is -0.521. The summed E-state index contributed by atoms with van der Waals surface area (Å²) in [7, 11) is 0. The summed E-state index contributed by atoms with van der Waals surface area (Å²) >= 11 is 0.787. The lowest BCUT2D eigenvalue weighted by atomic mass is 10.2. The van der Waals surface area contributed by atoms with Gasteiger partial charge in [-0.2, -0.15) is 0 Å². The van der Waals surface area contributed by atoms with E-state index in [-0.39, 0.29) is 23.9 Å². The molecule has 34 heavy (non-hydrogen) atoms. The zero-order chi connectivity index (χ0) is 24.1. The quantitative estimate of drug-likeness (QED) is 0.463. The average Bonchev–Trinajstić information content (AvgIpc) is 3.06. The van der Waals surface area contributed by atoms with E-state index >= 15 is 0 Å². The first-order valence-corrected chi connectivity index (χ1v) is 11.3. The number of aryl methyl sites for hydroxylation is 1. The van der Waals surface area contributed by atoms with Crippen molar-refractivity contribution in [2.75, 3.05) is 11.9 Å². The largest absolute Gasteiger partial charge is 0.489 e. The van der Waals surface area contributed by atoms with E-state index in [2.05, 4.69) is 5.32 Å². The molecule has 1 fully saturated rings. The molecule has 1 heterocycles. The van der Waals surface area contributed by atoms with Crippen molar-refractivity contribution >= 4 is 40.6 Å². The van der Waals surface area contributed by atoms with E-state index < -0.39 is 17.1 Å². The van der Waals surface area contributed by atoms with Crippen LogP contribution in [0.1, 0.15) is 16.7 Å². The molecule has 6 nitrogen and oxygen atoms in total. The van der Waals surface area contributed by atoms with Crippen LogP contribution in [0, 0.1) is 12.7 Å². The lowest BCUT2D eigenvalue weighted by Gasteiger charge is -2.12. The molecule has 3 amide bonds. The summed E-state index contributed by atoms with van der Waals surface area (Å²) in [5.41, 5.74) is 3.07. The Morgan fingerprint density at radius 1 is 1.06 bits per heavy atom. The molecule has 0 aromatic heterocycles. The van der Waals surface area contributed by atoms with Crippen LogP contribution >= 0.6 is 11.8 Å². The molecule has 3 aromatic rings. The van der Waals surface area contributed by atoms with Gasteiger partial charge in [-0.15, -0.1) is 0 Å². The molecule has 3 aromatic carbocycles. The van der Waals surface area contributed by atoms with E-state index in [1.807, 2.05) is 19.1 Å². The lowest BCUT2D eigenvalue weighted by molar-refractivity contribution is -0.127. The number of nitrogens with one attached hydrogen (secondary N) is 1. The highest BCUT2D eigenvalue weighted by Gasteiger charge is 2.36. The summed E-state index contributed by atoms with van der Waals surface area (Å²) < 4.78 is 18.8. The molecule has 0 radical (unpaired) electrons. The van der Waals surface area contributed by atoms with Crippen molar-refractivity contribution < 1.29 is 23.5 Å². The van der Waals surface area contributed by atoms with E-state index in [0.29, 0.717) is 17.0 Å². The van der Waals surface area contributed by atoms with Gasteiger partial charge >= 0.3 is 0 Å². The second kappa shape index (κ2) is 10.4. The van der Waals surface area contributed by atoms with Crippen LogP contribution in [0.4, 0.5) is 14.9 Å². The van der Waals surface area contributed by atoms with Gasteiger partial charge in [-0.05, 0) is 77.9 Å². The Morgan fingerprint density at radius 2 is 1.82 bits per heavy atom. The summed E-state index contributed by atoms with van der Waals surface area (Å²) in [6.07, 6.45) is 1.59. The van der Waals surface area contributed by atoms with Crippen LogP contribution < -0.4 is 10.1 Å². The first-order valence-electron chi connectivity index (χ1n) is 10.5. The third-order valence-corrected chi connectivity index (χ3v) is 5.86. The third kappa shape index (κ3) is 5.90. The number of anilines is 1. The van der Waals surface area contributed by atoms with E-state index in [9.17, 15) is 18.8 Å². The SMILES string of the molecule is Cc1cccc(NC(=O)CN2C(=O)S/C(=C/c3cccc(OCc4ccc(F)cc4)c3)C2=O)c1. The van der Waals surface area contributed by atoms with Gasteiger partial charge < -0.3 is 10.1 Å². The van der Waals surface area contributed by atoms with Gasteiger partial charge in [0.15, 0.2) is 0 Å². The van der Waals surface area contributed by atoms with Crippen LogP contribution in [0.5, 0.6) is 5.75 Å². The smallest absolute Gasteiger partial charge is 0.294 e. The number of rotatable bonds is 7. The summed E-state index contributed by atoms with van der Waals surface area (Å²) in [5, 5.41) is 2.20. The van der Waals surface area contributed by atoms with Crippen LogP contribution in [-0.4, -0.2) is 28.5 Å². The topological polar surface area (TPSA) is 75.7 Å². The van der Waals surface area contributed by atoms with Crippen molar-refractivity contribution in [1.29, 1.82) is 0 Å². The number of ether oxygens (including phenoxy) is 1. The molecule has 4 rings (SSSR count). The number of thioether (sulfide) groups is 1. The molecule has 172 valence electrons. The van der Waals surface area contributed by atoms with Crippen LogP contribution in [0.25, 0.3) is 6.08 Å². The van der Waals surface area contributed by atoms with Gasteiger partial charge in [0.05, 0.1) is 4.91 Å². The molecule has 1 saturated heterocycles. The molecule has 1 aliphatic heterocycles. The third-order valence-electron chi connectivity index (χ3n) is 4.95. The van der Waals surface area contributed by atoms with Gasteiger partial charge in [0, 0.05) is 5.69 Å². The van der Waals surface area contributed by atoms with Crippen molar-refractivity contribution in [2.45, 2.75) is 13.5 Å². The number of imide groups is 1. The Hall–Kier alpha value is -3.91. The molecule has 0 bridgehead atoms. The minimum Gasteiger partial charge on any atom is -0.489 e. The summed E-state index contributed by atoms with van der Waals surface area (Å²) in [6.45, 7) is 1.80. The first kappa shape index (κ1) is 23.3. The number of hydrogen-bond acceptors (Lipinski definition) is 5. The summed E-state index contributed by atoms with van der Waals surface area (Å²) in [5.74, 6) is -0.723. The highest BCUT2D eigenvalue weighted by molar-refractivity contribution is 8.18. The maximum atomic E-state index is 13.0. The fourth-order valence-corrected chi connectivity index (χ4v) is 4.13. The van der Waals surface area contributed by atoms with Crippen molar-refractivity contribution in [3.05, 3.63) is 100 Å². The average molecular weight is 477 g/mol. The number of hydrogen-bond donors (Lipinski definition) is 1. The zero-order valence-corrected chi connectivity index (χ0v) is 19.1. The maximum absolute atomic E-state index is 13.0. The first-order chi connectivity index (χ1) is 16.4. The van der Waals surface area contributed by atoms with Gasteiger partial charge in [-0.1, -0.05) is 36.4 Å². The number of carbonyl (C=O) groups is 3. The number of nitrogens with zero attached hydrogens (tertiary/aromatic N) is 1. The predicted octanol–water partition coefficient (Wildman–Crippen LogP) is 5.39. The van der Waals surface area contributed by atoms with Crippen molar-refractivity contribution in [2.24, 2.45) is 0 Å². The molecule has 1 aliphatic rings. The molecule has 8 heteroatoms. The van der Waals surface area contributed by atoms with Gasteiger partial charge in [-0.3, -0.25) is 19.3 Å².